The summed E-state index contributed by atoms with van der Waals surface area (Å²) in [5.41, 5.74) is 4.88. The molecule has 7 rings (SSSR count). The van der Waals surface area contributed by atoms with Crippen LogP contribution in [0.15, 0.2) is 72.9 Å². The smallest absolute Gasteiger partial charge is 0.410 e. The Morgan fingerprint density at radius 2 is 1.85 bits per heavy atom. The quantitative estimate of drug-likeness (QED) is 0.197. The molecular weight excluding hydrogens is 604 g/mol. The van der Waals surface area contributed by atoms with Gasteiger partial charge in [-0.25, -0.2) is 20.9 Å². The number of imidazole rings is 1. The molecule has 48 heavy (non-hydrogen) atoms. The number of carbonyl (C=O) groups is 1. The van der Waals surface area contributed by atoms with E-state index in [4.69, 9.17) is 31.1 Å². The van der Waals surface area contributed by atoms with Crippen molar-refractivity contribution in [2.75, 3.05) is 51.3 Å². The van der Waals surface area contributed by atoms with Crippen LogP contribution in [-0.2, 0) is 17.8 Å². The van der Waals surface area contributed by atoms with Gasteiger partial charge in [-0.15, -0.1) is 5.10 Å². The Labute approximate surface area is 280 Å². The topological polar surface area (TPSA) is 92.7 Å². The summed E-state index contributed by atoms with van der Waals surface area (Å²) in [4.78, 5) is 32.7. The first-order chi connectivity index (χ1) is 23.5. The number of carbonyl (C=O) groups excluding carboxylic acids is 1. The number of amides is 1. The normalized spacial score (nSPS) is 18.4. The molecule has 0 radical (unpaired) electrons. The van der Waals surface area contributed by atoms with E-state index in [1.807, 2.05) is 41.0 Å². The van der Waals surface area contributed by atoms with Gasteiger partial charge in [-0.2, -0.15) is 4.98 Å². The Balaban J connectivity index is 1.19. The average molecular weight is 645 g/mol. The number of hydrogen-bond donors (Lipinski definition) is 0. The molecule has 2 atom stereocenters. The Kier molecular flexibility index (Phi) is 9.07. The van der Waals surface area contributed by atoms with E-state index in [0.29, 0.717) is 50.2 Å². The molecule has 1 amide bonds. The van der Waals surface area contributed by atoms with Gasteiger partial charge in [-0.05, 0) is 60.8 Å². The van der Waals surface area contributed by atoms with Crippen LogP contribution >= 0.6 is 0 Å². The first-order valence-electron chi connectivity index (χ1n) is 16.6. The monoisotopic (exact) mass is 644 g/mol. The van der Waals surface area contributed by atoms with Gasteiger partial charge in [0.25, 0.3) is 0 Å². The predicted molar refractivity (Wildman–Crippen MR) is 184 cm³/mol. The largest absolute Gasteiger partial charge is 0.461 e. The van der Waals surface area contributed by atoms with Gasteiger partial charge in [0.2, 0.25) is 6.54 Å². The molecule has 11 nitrogen and oxygen atoms in total. The highest BCUT2D eigenvalue weighted by Gasteiger charge is 2.35. The van der Waals surface area contributed by atoms with Crippen molar-refractivity contribution in [1.82, 2.24) is 29.4 Å². The van der Waals surface area contributed by atoms with Crippen molar-refractivity contribution in [3.05, 3.63) is 107 Å². The number of nitrogens with zero attached hydrogens (tertiary/aromatic N) is 8. The van der Waals surface area contributed by atoms with Crippen molar-refractivity contribution < 1.29 is 14.3 Å². The molecule has 0 bridgehead atoms. The molecule has 0 N–H and O–H groups in total. The number of fused-ring (bicyclic) bond motifs is 2. The Morgan fingerprint density at radius 1 is 1.02 bits per heavy atom. The number of likely N-dealkylation sites (N-methyl/N-ethyl adjacent to an activating group) is 1. The number of aryl methyl sites for hydroxylation is 1. The number of rotatable bonds is 9. The summed E-state index contributed by atoms with van der Waals surface area (Å²) in [6.45, 7) is 12.9. The second-order valence-corrected chi connectivity index (χ2v) is 12.7. The highest BCUT2D eigenvalue weighted by Crippen LogP contribution is 2.29. The fraction of sp³-hybridized carbons (Fsp3) is 0.378. The number of hydrogen-bond acceptors (Lipinski definition) is 8. The van der Waals surface area contributed by atoms with E-state index in [1.54, 1.807) is 4.90 Å². The van der Waals surface area contributed by atoms with Crippen LogP contribution in [0.4, 0.5) is 10.6 Å². The number of aromatic nitrogens is 4. The second-order valence-electron chi connectivity index (χ2n) is 12.7. The van der Waals surface area contributed by atoms with Crippen LogP contribution < -0.4 is 9.64 Å². The van der Waals surface area contributed by atoms with Crippen molar-refractivity contribution in [3.63, 3.8) is 0 Å². The third-order valence-electron chi connectivity index (χ3n) is 9.57. The van der Waals surface area contributed by atoms with Crippen molar-refractivity contribution in [1.29, 1.82) is 0 Å². The highest BCUT2D eigenvalue weighted by atomic mass is 16.6. The summed E-state index contributed by atoms with van der Waals surface area (Å²) in [5, 5.41) is 7.31. The molecule has 2 aromatic heterocycles. The summed E-state index contributed by atoms with van der Waals surface area (Å²) >= 11 is 0. The minimum atomic E-state index is -0.418. The van der Waals surface area contributed by atoms with Crippen molar-refractivity contribution in [2.24, 2.45) is 0 Å². The zero-order valence-corrected chi connectivity index (χ0v) is 27.5. The zero-order valence-electron chi connectivity index (χ0n) is 27.5. The van der Waals surface area contributed by atoms with E-state index in [-0.39, 0.29) is 25.2 Å². The first-order valence-corrected chi connectivity index (χ1v) is 16.6. The van der Waals surface area contributed by atoms with Crippen LogP contribution in [0, 0.1) is 13.5 Å². The summed E-state index contributed by atoms with van der Waals surface area (Å²) in [6.07, 6.45) is 4.30. The molecule has 5 aromatic rings. The fourth-order valence-corrected chi connectivity index (χ4v) is 6.96. The predicted octanol–water partition coefficient (Wildman–Crippen LogP) is 5.40. The van der Waals surface area contributed by atoms with Gasteiger partial charge in [0.05, 0.1) is 11.9 Å². The molecule has 0 saturated carbocycles. The summed E-state index contributed by atoms with van der Waals surface area (Å²) in [7, 11) is 2.12. The molecule has 0 spiro atoms. The van der Waals surface area contributed by atoms with Crippen molar-refractivity contribution in [3.8, 4) is 6.01 Å². The van der Waals surface area contributed by atoms with Gasteiger partial charge in [-0.1, -0.05) is 66.7 Å². The lowest BCUT2D eigenvalue weighted by Gasteiger charge is -2.39. The lowest BCUT2D eigenvalue weighted by atomic mass is 9.97. The molecule has 2 saturated heterocycles. The van der Waals surface area contributed by atoms with Crippen LogP contribution in [-0.4, -0.2) is 93.9 Å². The molecule has 0 aliphatic carbocycles. The van der Waals surface area contributed by atoms with Gasteiger partial charge in [0, 0.05) is 32.1 Å². The molecule has 0 unspecified atom stereocenters. The molecular formula is C37H40N8O3. The van der Waals surface area contributed by atoms with E-state index >= 15 is 0 Å². The summed E-state index contributed by atoms with van der Waals surface area (Å²) in [5.74, 6) is 0.632. The van der Waals surface area contributed by atoms with Gasteiger partial charge in [-0.3, -0.25) is 4.90 Å². The third-order valence-corrected chi connectivity index (χ3v) is 9.57. The van der Waals surface area contributed by atoms with Gasteiger partial charge in [0.15, 0.2) is 11.5 Å². The van der Waals surface area contributed by atoms with E-state index in [1.165, 1.54) is 21.9 Å². The van der Waals surface area contributed by atoms with Crippen molar-refractivity contribution >= 4 is 28.3 Å². The minimum Gasteiger partial charge on any atom is -0.461 e. The molecule has 2 aliphatic heterocycles. The number of ether oxygens (including phenoxy) is 2. The summed E-state index contributed by atoms with van der Waals surface area (Å²) < 4.78 is 13.8. The third kappa shape index (κ3) is 6.49. The maximum absolute atomic E-state index is 13.2. The van der Waals surface area contributed by atoms with Crippen LogP contribution in [0.1, 0.15) is 35.2 Å². The number of anilines is 1. The van der Waals surface area contributed by atoms with Crippen LogP contribution in [0.2, 0.25) is 0 Å². The van der Waals surface area contributed by atoms with Crippen LogP contribution in [0.25, 0.3) is 21.3 Å². The van der Waals surface area contributed by atoms with Crippen molar-refractivity contribution in [2.45, 2.75) is 44.9 Å². The number of likely N-dealkylation sites (tertiary alicyclic amines) is 1. The Morgan fingerprint density at radius 3 is 2.65 bits per heavy atom. The first kappa shape index (κ1) is 31.4. The Hall–Kier alpha value is -5.21. The zero-order chi connectivity index (χ0) is 33.0. The van der Waals surface area contributed by atoms with Crippen LogP contribution in [0.5, 0.6) is 6.01 Å². The maximum atomic E-state index is 13.2. The van der Waals surface area contributed by atoms with Crippen LogP contribution in [0.3, 0.4) is 0 Å². The molecule has 2 aliphatic rings. The lowest BCUT2D eigenvalue weighted by Crippen LogP contribution is -2.56. The van der Waals surface area contributed by atoms with E-state index in [0.717, 1.165) is 30.6 Å². The molecule has 246 valence electrons. The van der Waals surface area contributed by atoms with E-state index in [9.17, 15) is 4.79 Å². The SMILES string of the molecule is [C-]#[N+]C[C@H]1CN(c2nc(OC[C@@H]3CCCN3C)nn3c(Cc4cccc5cccc(C)c45)cnc23)CCN1C(=O)OCc1ccccc1. The highest BCUT2D eigenvalue weighted by molar-refractivity contribution is 5.89. The standard InChI is InChI=1S/C37H40N8O3/c1-26-10-7-13-28-14-8-15-29(33(26)28)20-31-22-39-34-35(40-36(41-45(31)34)47-25-30-16-9-17-42(30)3)43-18-19-44(32(23-43)21-38-2)37(46)48-24-27-11-5-4-6-12-27/h4-8,10-15,22,30,32H,9,16-21,23-25H2,1,3H3/t30-,32-/m0/s1. The van der Waals surface area contributed by atoms with E-state index < -0.39 is 6.09 Å². The molecule has 2 fully saturated rings. The molecule has 3 aromatic carbocycles. The fourth-order valence-electron chi connectivity index (χ4n) is 6.96. The second kappa shape index (κ2) is 13.9. The lowest BCUT2D eigenvalue weighted by molar-refractivity contribution is 0.0788. The average Bonchev–Trinajstić information content (AvgIpc) is 3.71. The van der Waals surface area contributed by atoms with E-state index in [2.05, 4.69) is 65.0 Å². The maximum Gasteiger partial charge on any atom is 0.410 e. The number of benzene rings is 3. The Bertz CT molecular complexity index is 1950. The minimum absolute atomic E-state index is 0.149. The number of piperazine rings is 1. The van der Waals surface area contributed by atoms with Gasteiger partial charge < -0.3 is 24.1 Å². The van der Waals surface area contributed by atoms with Gasteiger partial charge >= 0.3 is 12.1 Å². The van der Waals surface area contributed by atoms with Gasteiger partial charge in [0.1, 0.15) is 19.3 Å². The summed E-state index contributed by atoms with van der Waals surface area (Å²) in [6, 6.07) is 22.6. The molecule has 11 heteroatoms. The molecule has 4 heterocycles.